The number of methoxy groups -OCH3 is 1. The van der Waals surface area contributed by atoms with E-state index in [4.69, 9.17) is 13.9 Å². The first-order valence-electron chi connectivity index (χ1n) is 14.1. The number of para-hydroxylation sites is 1. The summed E-state index contributed by atoms with van der Waals surface area (Å²) < 4.78 is 31.2. The molecule has 1 saturated heterocycles. The SMILES string of the molecule is COC[C@H](C(=O)Nc1cccc2c(-c3nc(Nc4ccc(OCc5ncco5)nc4)ncc3F)c[nH]c12)N1CCN(C)CC1. The van der Waals surface area contributed by atoms with E-state index < -0.39 is 11.9 Å². The molecule has 0 spiro atoms. The second-order valence-electron chi connectivity index (χ2n) is 10.3. The minimum atomic E-state index is -0.588. The molecule has 5 heterocycles. The maximum atomic E-state index is 15.1. The Balaban J connectivity index is 1.18. The van der Waals surface area contributed by atoms with Crippen molar-refractivity contribution in [2.24, 2.45) is 0 Å². The van der Waals surface area contributed by atoms with Gasteiger partial charge in [0.25, 0.3) is 0 Å². The van der Waals surface area contributed by atoms with Crippen molar-refractivity contribution in [2.75, 3.05) is 57.6 Å². The summed E-state index contributed by atoms with van der Waals surface area (Å²) in [5.74, 6) is 0.254. The lowest BCUT2D eigenvalue weighted by atomic mass is 10.1. The number of halogens is 1. The van der Waals surface area contributed by atoms with Crippen molar-refractivity contribution in [3.63, 3.8) is 0 Å². The number of benzene rings is 1. The number of likely N-dealkylation sites (N-methyl/N-ethyl adjacent to an activating group) is 1. The van der Waals surface area contributed by atoms with Gasteiger partial charge in [0.2, 0.25) is 23.6 Å². The molecule has 1 aliphatic heterocycles. The summed E-state index contributed by atoms with van der Waals surface area (Å²) in [5, 5.41) is 6.80. The Kier molecular flexibility index (Phi) is 8.72. The highest BCUT2D eigenvalue weighted by Gasteiger charge is 2.29. The van der Waals surface area contributed by atoms with E-state index in [1.165, 1.54) is 12.5 Å². The van der Waals surface area contributed by atoms with E-state index in [9.17, 15) is 4.79 Å². The number of carbonyl (C=O) groups excluding carboxylic acids is 1. The van der Waals surface area contributed by atoms with E-state index >= 15 is 4.39 Å². The molecular formula is C30H32FN9O4. The molecule has 1 aromatic carbocycles. The maximum absolute atomic E-state index is 15.1. The third-order valence-corrected chi connectivity index (χ3v) is 7.40. The summed E-state index contributed by atoms with van der Waals surface area (Å²) in [6.07, 6.45) is 7.35. The van der Waals surface area contributed by atoms with Crippen molar-refractivity contribution >= 4 is 34.1 Å². The van der Waals surface area contributed by atoms with Crippen LogP contribution < -0.4 is 15.4 Å². The first-order valence-corrected chi connectivity index (χ1v) is 14.1. The van der Waals surface area contributed by atoms with Crippen LogP contribution in [0.5, 0.6) is 5.88 Å². The molecule has 1 aliphatic rings. The highest BCUT2D eigenvalue weighted by Crippen LogP contribution is 2.33. The summed E-state index contributed by atoms with van der Waals surface area (Å²) in [6.45, 7) is 3.73. The Morgan fingerprint density at radius 2 is 2.00 bits per heavy atom. The molecule has 0 radical (unpaired) electrons. The number of hydrogen-bond donors (Lipinski definition) is 3. The average molecular weight is 602 g/mol. The number of aromatic nitrogens is 5. The molecule has 4 aromatic heterocycles. The molecule has 44 heavy (non-hydrogen) atoms. The van der Waals surface area contributed by atoms with E-state index in [0.29, 0.717) is 39.6 Å². The van der Waals surface area contributed by atoms with Crippen LogP contribution in [0, 0.1) is 5.82 Å². The third kappa shape index (κ3) is 6.51. The summed E-state index contributed by atoms with van der Waals surface area (Å²) in [6, 6.07) is 8.44. The number of nitrogens with one attached hydrogen (secondary N) is 3. The molecule has 0 saturated carbocycles. The molecule has 14 heteroatoms. The Hall–Kier alpha value is -4.92. The van der Waals surface area contributed by atoms with Crippen LogP contribution in [0.25, 0.3) is 22.2 Å². The average Bonchev–Trinajstić information content (AvgIpc) is 3.72. The summed E-state index contributed by atoms with van der Waals surface area (Å²) >= 11 is 0. The van der Waals surface area contributed by atoms with Gasteiger partial charge in [-0.25, -0.2) is 24.3 Å². The normalized spacial score (nSPS) is 14.9. The Bertz CT molecular complexity index is 1700. The van der Waals surface area contributed by atoms with Crippen molar-refractivity contribution < 1.29 is 23.1 Å². The number of carbonyl (C=O) groups is 1. The fourth-order valence-electron chi connectivity index (χ4n) is 5.05. The predicted octanol–water partition coefficient (Wildman–Crippen LogP) is 3.67. The number of hydrogen-bond acceptors (Lipinski definition) is 11. The number of oxazole rings is 1. The van der Waals surface area contributed by atoms with Crippen LogP contribution in [-0.4, -0.2) is 93.6 Å². The van der Waals surface area contributed by atoms with Crippen molar-refractivity contribution in [2.45, 2.75) is 12.6 Å². The van der Waals surface area contributed by atoms with Gasteiger partial charge in [-0.05, 0) is 19.2 Å². The molecule has 0 aliphatic carbocycles. The zero-order valence-corrected chi connectivity index (χ0v) is 24.3. The van der Waals surface area contributed by atoms with Gasteiger partial charge >= 0.3 is 0 Å². The van der Waals surface area contributed by atoms with Gasteiger partial charge in [-0.3, -0.25) is 9.69 Å². The molecule has 1 amide bonds. The molecule has 0 bridgehead atoms. The number of H-pyrrole nitrogens is 1. The topological polar surface area (TPSA) is 147 Å². The van der Waals surface area contributed by atoms with E-state index in [2.05, 4.69) is 52.4 Å². The number of anilines is 3. The second-order valence-corrected chi connectivity index (χ2v) is 10.3. The van der Waals surface area contributed by atoms with E-state index in [1.54, 1.807) is 31.6 Å². The first kappa shape index (κ1) is 29.2. The standard InChI is InChI=1S/C30H32FN9O4/c1-39-9-11-40(12-10-39)24(17-42-2)29(41)37-23-5-3-4-20-21(15-34-28(20)23)27-22(31)16-35-30(38-27)36-19-6-7-25(33-14-19)44-18-26-32-8-13-43-26/h3-8,13-16,24,34H,9-12,17-18H2,1-2H3,(H,37,41)(H,35,36,38)/t24-/m1/s1. The number of ether oxygens (including phenoxy) is 2. The molecule has 5 aromatic rings. The number of fused-ring (bicyclic) bond motifs is 1. The van der Waals surface area contributed by atoms with Crippen molar-refractivity contribution in [1.29, 1.82) is 0 Å². The van der Waals surface area contributed by atoms with Crippen LogP contribution in [0.4, 0.5) is 21.7 Å². The minimum Gasteiger partial charge on any atom is -0.468 e. The summed E-state index contributed by atoms with van der Waals surface area (Å²) in [5.41, 5.74) is 2.45. The van der Waals surface area contributed by atoms with Crippen LogP contribution in [0.15, 0.2) is 65.8 Å². The smallest absolute Gasteiger partial charge is 0.244 e. The number of nitrogens with zero attached hydrogens (tertiary/aromatic N) is 6. The highest BCUT2D eigenvalue weighted by molar-refractivity contribution is 6.06. The molecule has 228 valence electrons. The predicted molar refractivity (Wildman–Crippen MR) is 161 cm³/mol. The Labute approximate surface area is 252 Å². The van der Waals surface area contributed by atoms with Gasteiger partial charge in [-0.15, -0.1) is 0 Å². The number of piperazine rings is 1. The highest BCUT2D eigenvalue weighted by atomic mass is 19.1. The number of aromatic amines is 1. The molecule has 1 atom stereocenters. The van der Waals surface area contributed by atoms with Gasteiger partial charge < -0.3 is 34.4 Å². The quantitative estimate of drug-likeness (QED) is 0.204. The molecule has 0 unspecified atom stereocenters. The minimum absolute atomic E-state index is 0.103. The first-order chi connectivity index (χ1) is 21.5. The Morgan fingerprint density at radius 3 is 2.75 bits per heavy atom. The van der Waals surface area contributed by atoms with Crippen LogP contribution in [0.2, 0.25) is 0 Å². The molecular weight excluding hydrogens is 569 g/mol. The fraction of sp³-hybridized carbons (Fsp3) is 0.300. The van der Waals surface area contributed by atoms with Crippen molar-refractivity contribution in [3.05, 3.63) is 73.1 Å². The largest absolute Gasteiger partial charge is 0.468 e. The lowest BCUT2D eigenvalue weighted by molar-refractivity contribution is -0.124. The number of rotatable bonds is 11. The monoisotopic (exact) mass is 601 g/mol. The molecule has 13 nitrogen and oxygen atoms in total. The van der Waals surface area contributed by atoms with E-state index in [0.717, 1.165) is 32.4 Å². The third-order valence-electron chi connectivity index (χ3n) is 7.40. The second kappa shape index (κ2) is 13.2. The zero-order chi connectivity index (χ0) is 30.5. The Morgan fingerprint density at radius 1 is 1.14 bits per heavy atom. The van der Waals surface area contributed by atoms with Gasteiger partial charge in [-0.2, -0.15) is 0 Å². The number of pyridine rings is 1. The van der Waals surface area contributed by atoms with Crippen LogP contribution >= 0.6 is 0 Å². The zero-order valence-electron chi connectivity index (χ0n) is 24.3. The van der Waals surface area contributed by atoms with E-state index in [-0.39, 0.29) is 30.8 Å². The van der Waals surface area contributed by atoms with Gasteiger partial charge in [0.05, 0.1) is 42.1 Å². The van der Waals surface area contributed by atoms with Crippen molar-refractivity contribution in [1.82, 2.24) is 34.7 Å². The summed E-state index contributed by atoms with van der Waals surface area (Å²) in [4.78, 5) is 37.8. The van der Waals surface area contributed by atoms with Crippen LogP contribution in [-0.2, 0) is 16.1 Å². The van der Waals surface area contributed by atoms with Gasteiger partial charge in [0.1, 0.15) is 18.0 Å². The molecule has 1 fully saturated rings. The van der Waals surface area contributed by atoms with E-state index in [1.807, 2.05) is 18.2 Å². The van der Waals surface area contributed by atoms with Crippen molar-refractivity contribution in [3.8, 4) is 17.1 Å². The van der Waals surface area contributed by atoms with Gasteiger partial charge in [0, 0.05) is 56.5 Å². The molecule has 6 rings (SSSR count). The van der Waals surface area contributed by atoms with Crippen LogP contribution in [0.1, 0.15) is 5.89 Å². The maximum Gasteiger partial charge on any atom is 0.244 e. The van der Waals surface area contributed by atoms with Gasteiger partial charge in [-0.1, -0.05) is 12.1 Å². The number of amides is 1. The molecule has 3 N–H and O–H groups in total. The van der Waals surface area contributed by atoms with Gasteiger partial charge in [0.15, 0.2) is 12.4 Å². The lowest BCUT2D eigenvalue weighted by Crippen LogP contribution is -2.54. The lowest BCUT2D eigenvalue weighted by Gasteiger charge is -2.36. The summed E-state index contributed by atoms with van der Waals surface area (Å²) in [7, 11) is 3.66. The fourth-order valence-corrected chi connectivity index (χ4v) is 5.05. The van der Waals surface area contributed by atoms with Crippen LogP contribution in [0.3, 0.4) is 0 Å².